The second-order valence-corrected chi connectivity index (χ2v) is 7.04. The predicted molar refractivity (Wildman–Crippen MR) is 74.3 cm³/mol. The van der Waals surface area contributed by atoms with Gasteiger partial charge >= 0.3 is 0 Å². The molecule has 1 aromatic rings. The molecule has 1 aromatic heterocycles. The topological polar surface area (TPSA) is 38.0 Å². The molecule has 3 atom stereocenters. The summed E-state index contributed by atoms with van der Waals surface area (Å²) < 4.78 is 3.10. The molecule has 0 radical (unpaired) electrons. The fraction of sp³-hybridized carbons (Fsp3) is 0.786. The third-order valence-electron chi connectivity index (χ3n) is 5.20. The molecule has 2 bridgehead atoms. The molecule has 2 aliphatic carbocycles. The fourth-order valence-electron chi connectivity index (χ4n) is 4.23. The summed E-state index contributed by atoms with van der Waals surface area (Å²) in [7, 11) is 2.01. The second kappa shape index (κ2) is 4.34. The van der Waals surface area contributed by atoms with E-state index >= 15 is 0 Å². The monoisotopic (exact) mass is 312 g/mol. The van der Waals surface area contributed by atoms with E-state index in [9.17, 15) is 5.11 Å². The minimum atomic E-state index is 0.117. The van der Waals surface area contributed by atoms with Crippen LogP contribution in [0.3, 0.4) is 0 Å². The van der Waals surface area contributed by atoms with E-state index in [0.717, 1.165) is 28.4 Å². The van der Waals surface area contributed by atoms with Crippen molar-refractivity contribution >= 4 is 15.9 Å². The number of rotatable bonds is 3. The van der Waals surface area contributed by atoms with Gasteiger partial charge in [0.05, 0.1) is 15.9 Å². The Labute approximate surface area is 117 Å². The number of aliphatic hydroxyl groups is 1. The molecular weight excluding hydrogens is 292 g/mol. The van der Waals surface area contributed by atoms with Gasteiger partial charge in [0.25, 0.3) is 0 Å². The van der Waals surface area contributed by atoms with Crippen LogP contribution in [0.15, 0.2) is 4.47 Å². The first kappa shape index (κ1) is 12.7. The van der Waals surface area contributed by atoms with Gasteiger partial charge < -0.3 is 5.11 Å². The van der Waals surface area contributed by atoms with Crippen molar-refractivity contribution in [2.45, 2.75) is 39.0 Å². The van der Waals surface area contributed by atoms with Gasteiger partial charge in [-0.1, -0.05) is 6.42 Å². The SMILES string of the molecule is Cc1nn(C)c(CC2(CO)CC3CCC2C3)c1Br. The number of nitrogens with zero attached hydrogens (tertiary/aromatic N) is 2. The molecule has 100 valence electrons. The van der Waals surface area contributed by atoms with Crippen molar-refractivity contribution in [3.8, 4) is 0 Å². The zero-order valence-electron chi connectivity index (χ0n) is 11.1. The number of hydrogen-bond acceptors (Lipinski definition) is 2. The zero-order valence-corrected chi connectivity index (χ0v) is 12.7. The van der Waals surface area contributed by atoms with Crippen LogP contribution in [0.4, 0.5) is 0 Å². The molecule has 2 aliphatic rings. The van der Waals surface area contributed by atoms with Crippen molar-refractivity contribution in [2.75, 3.05) is 6.61 Å². The number of aromatic nitrogens is 2. The van der Waals surface area contributed by atoms with Gasteiger partial charge in [-0.15, -0.1) is 0 Å². The van der Waals surface area contributed by atoms with Gasteiger partial charge in [-0.05, 0) is 60.4 Å². The van der Waals surface area contributed by atoms with Crippen molar-refractivity contribution in [1.29, 1.82) is 0 Å². The van der Waals surface area contributed by atoms with Gasteiger partial charge in [0.1, 0.15) is 0 Å². The van der Waals surface area contributed by atoms with Crippen LogP contribution in [0.25, 0.3) is 0 Å². The Hall–Kier alpha value is -0.350. The molecule has 3 rings (SSSR count). The summed E-state index contributed by atoms with van der Waals surface area (Å²) in [5.41, 5.74) is 2.41. The number of halogens is 1. The van der Waals surface area contributed by atoms with E-state index in [1.165, 1.54) is 31.4 Å². The highest BCUT2D eigenvalue weighted by Crippen LogP contribution is 2.57. The number of aryl methyl sites for hydroxylation is 2. The Morgan fingerprint density at radius 3 is 2.72 bits per heavy atom. The van der Waals surface area contributed by atoms with Crippen LogP contribution in [0.2, 0.25) is 0 Å². The molecular formula is C14H21BrN2O. The molecule has 0 spiro atoms. The summed E-state index contributed by atoms with van der Waals surface area (Å²) in [6.07, 6.45) is 6.17. The summed E-state index contributed by atoms with van der Waals surface area (Å²) in [4.78, 5) is 0. The van der Waals surface area contributed by atoms with Crippen LogP contribution in [0, 0.1) is 24.2 Å². The minimum Gasteiger partial charge on any atom is -0.396 e. The van der Waals surface area contributed by atoms with E-state index in [2.05, 4.69) is 21.0 Å². The molecule has 0 aromatic carbocycles. The first-order valence-electron chi connectivity index (χ1n) is 6.84. The highest BCUT2D eigenvalue weighted by atomic mass is 79.9. The normalized spacial score (nSPS) is 34.4. The lowest BCUT2D eigenvalue weighted by molar-refractivity contribution is 0.0632. The maximum absolute atomic E-state index is 9.94. The Bertz CT molecular complexity index is 471. The van der Waals surface area contributed by atoms with Crippen LogP contribution >= 0.6 is 15.9 Å². The van der Waals surface area contributed by atoms with E-state index in [-0.39, 0.29) is 5.41 Å². The van der Waals surface area contributed by atoms with Crippen molar-refractivity contribution in [3.05, 3.63) is 15.9 Å². The average Bonchev–Trinajstić information content (AvgIpc) is 3.00. The molecule has 3 unspecified atom stereocenters. The van der Waals surface area contributed by atoms with Gasteiger partial charge in [-0.25, -0.2) is 0 Å². The van der Waals surface area contributed by atoms with E-state index < -0.39 is 0 Å². The minimum absolute atomic E-state index is 0.117. The summed E-state index contributed by atoms with van der Waals surface area (Å²) in [5.74, 6) is 1.57. The molecule has 1 N–H and O–H groups in total. The van der Waals surface area contributed by atoms with Gasteiger partial charge in [0.15, 0.2) is 0 Å². The average molecular weight is 313 g/mol. The van der Waals surface area contributed by atoms with E-state index in [1.807, 2.05) is 18.7 Å². The van der Waals surface area contributed by atoms with Gasteiger partial charge in [-0.2, -0.15) is 5.10 Å². The zero-order chi connectivity index (χ0) is 12.9. The van der Waals surface area contributed by atoms with Gasteiger partial charge in [0, 0.05) is 19.1 Å². The molecule has 0 saturated heterocycles. The van der Waals surface area contributed by atoms with E-state index in [1.54, 1.807) is 0 Å². The van der Waals surface area contributed by atoms with Crippen molar-refractivity contribution < 1.29 is 5.11 Å². The molecule has 18 heavy (non-hydrogen) atoms. The smallest absolute Gasteiger partial charge is 0.0738 e. The maximum Gasteiger partial charge on any atom is 0.0738 e. The fourth-order valence-corrected chi connectivity index (χ4v) is 4.71. The van der Waals surface area contributed by atoms with Crippen LogP contribution < -0.4 is 0 Å². The standard InChI is InChI=1S/C14H21BrN2O/c1-9-13(15)12(17(2)16-9)7-14(8-18)6-10-3-4-11(14)5-10/h10-11,18H,3-8H2,1-2H3. The molecule has 1 heterocycles. The summed E-state index contributed by atoms with van der Waals surface area (Å²) >= 11 is 3.65. The Morgan fingerprint density at radius 1 is 1.50 bits per heavy atom. The van der Waals surface area contributed by atoms with Crippen molar-refractivity contribution in [3.63, 3.8) is 0 Å². The molecule has 4 heteroatoms. The third kappa shape index (κ3) is 1.76. The lowest BCUT2D eigenvalue weighted by atomic mass is 9.70. The third-order valence-corrected chi connectivity index (χ3v) is 6.23. The summed E-state index contributed by atoms with van der Waals surface area (Å²) in [5, 5.41) is 14.4. The molecule has 3 nitrogen and oxygen atoms in total. The highest BCUT2D eigenvalue weighted by molar-refractivity contribution is 9.10. The lowest BCUT2D eigenvalue weighted by Gasteiger charge is -2.36. The first-order valence-corrected chi connectivity index (χ1v) is 7.64. The molecule has 0 aliphatic heterocycles. The number of aliphatic hydroxyl groups excluding tert-OH is 1. The van der Waals surface area contributed by atoms with Crippen LogP contribution in [0.1, 0.15) is 37.1 Å². The second-order valence-electron chi connectivity index (χ2n) is 6.25. The largest absolute Gasteiger partial charge is 0.396 e. The van der Waals surface area contributed by atoms with E-state index in [4.69, 9.17) is 0 Å². The molecule has 0 amide bonds. The molecule has 2 saturated carbocycles. The number of fused-ring (bicyclic) bond motifs is 2. The predicted octanol–water partition coefficient (Wildman–Crippen LogP) is 2.83. The van der Waals surface area contributed by atoms with Crippen LogP contribution in [-0.4, -0.2) is 21.5 Å². The van der Waals surface area contributed by atoms with Crippen molar-refractivity contribution in [2.24, 2.45) is 24.3 Å². The van der Waals surface area contributed by atoms with Crippen LogP contribution in [-0.2, 0) is 13.5 Å². The summed E-state index contributed by atoms with van der Waals surface area (Å²) in [6, 6.07) is 0. The van der Waals surface area contributed by atoms with Gasteiger partial charge in [0.2, 0.25) is 0 Å². The van der Waals surface area contributed by atoms with Crippen molar-refractivity contribution in [1.82, 2.24) is 9.78 Å². The Morgan fingerprint density at radius 2 is 2.28 bits per heavy atom. The Balaban J connectivity index is 1.91. The first-order chi connectivity index (χ1) is 8.55. The number of hydrogen-bond donors (Lipinski definition) is 1. The van der Waals surface area contributed by atoms with Crippen LogP contribution in [0.5, 0.6) is 0 Å². The summed E-state index contributed by atoms with van der Waals surface area (Å²) in [6.45, 7) is 2.35. The Kier molecular flexibility index (Phi) is 3.06. The highest BCUT2D eigenvalue weighted by Gasteiger charge is 2.50. The lowest BCUT2D eigenvalue weighted by Crippen LogP contribution is -2.34. The molecule has 2 fully saturated rings. The van der Waals surface area contributed by atoms with Gasteiger partial charge in [-0.3, -0.25) is 4.68 Å². The van der Waals surface area contributed by atoms with E-state index in [0.29, 0.717) is 6.61 Å². The quantitative estimate of drug-likeness (QED) is 0.932. The maximum atomic E-state index is 9.94.